The van der Waals surface area contributed by atoms with Crippen molar-refractivity contribution in [3.8, 4) is 0 Å². The van der Waals surface area contributed by atoms with Crippen LogP contribution < -0.4 is 5.73 Å². The Morgan fingerprint density at radius 2 is 2.12 bits per heavy atom. The third kappa shape index (κ3) is 3.32. The average Bonchev–Trinajstić information content (AvgIpc) is 2.56. The van der Waals surface area contributed by atoms with Crippen molar-refractivity contribution in [2.75, 3.05) is 0 Å². The summed E-state index contributed by atoms with van der Waals surface area (Å²) in [7, 11) is 0. The molecule has 1 aromatic rings. The largest absolute Gasteiger partial charge is 0.328 e. The van der Waals surface area contributed by atoms with Crippen LogP contribution in [0.2, 0.25) is 0 Å². The molecule has 0 amide bonds. The van der Waals surface area contributed by atoms with E-state index in [1.54, 1.807) is 0 Å². The van der Waals surface area contributed by atoms with E-state index in [1.165, 1.54) is 10.2 Å². The van der Waals surface area contributed by atoms with Crippen molar-refractivity contribution >= 4 is 15.9 Å². The van der Waals surface area contributed by atoms with Crippen LogP contribution in [-0.4, -0.2) is 15.8 Å². The fraction of sp³-hybridized carbons (Fsp3) is 0.750. The molecule has 2 N–H and O–H groups in total. The summed E-state index contributed by atoms with van der Waals surface area (Å²) in [6, 6.07) is 0.345. The Kier molecular flexibility index (Phi) is 5.49. The molecule has 1 aromatic heterocycles. The molecule has 1 unspecified atom stereocenters. The third-order valence-electron chi connectivity index (χ3n) is 2.97. The molecule has 0 fully saturated rings. The van der Waals surface area contributed by atoms with Crippen molar-refractivity contribution in [2.24, 2.45) is 5.73 Å². The van der Waals surface area contributed by atoms with Crippen LogP contribution in [0.15, 0.2) is 4.47 Å². The maximum Gasteiger partial charge on any atom is 0.0738 e. The number of hydrogen-bond donors (Lipinski definition) is 1. The van der Waals surface area contributed by atoms with Crippen LogP contribution in [0, 0.1) is 6.92 Å². The summed E-state index contributed by atoms with van der Waals surface area (Å²) >= 11 is 3.61. The van der Waals surface area contributed by atoms with Crippen LogP contribution in [0.5, 0.6) is 0 Å². The highest BCUT2D eigenvalue weighted by atomic mass is 79.9. The first-order valence-electron chi connectivity index (χ1n) is 6.07. The molecule has 1 rings (SSSR count). The van der Waals surface area contributed by atoms with Crippen molar-refractivity contribution in [1.29, 1.82) is 0 Å². The highest BCUT2D eigenvalue weighted by Crippen LogP contribution is 2.22. The molecule has 0 saturated carbocycles. The van der Waals surface area contributed by atoms with Gasteiger partial charge < -0.3 is 5.73 Å². The van der Waals surface area contributed by atoms with Gasteiger partial charge in [-0.25, -0.2) is 0 Å². The van der Waals surface area contributed by atoms with E-state index in [-0.39, 0.29) is 0 Å². The molecule has 0 aliphatic rings. The van der Waals surface area contributed by atoms with Crippen molar-refractivity contribution < 1.29 is 0 Å². The maximum atomic E-state index is 5.92. The number of halogens is 1. The highest BCUT2D eigenvalue weighted by molar-refractivity contribution is 9.10. The van der Waals surface area contributed by atoms with Crippen LogP contribution in [0.4, 0.5) is 0 Å². The van der Waals surface area contributed by atoms with Crippen LogP contribution in [0.1, 0.15) is 44.5 Å². The van der Waals surface area contributed by atoms with Crippen molar-refractivity contribution in [3.63, 3.8) is 0 Å². The average molecular weight is 288 g/mol. The number of rotatable bonds is 6. The van der Waals surface area contributed by atoms with Gasteiger partial charge in [-0.05, 0) is 55.5 Å². The van der Waals surface area contributed by atoms with Crippen LogP contribution in [0.3, 0.4) is 0 Å². The molecular formula is C12H22BrN3. The lowest BCUT2D eigenvalue weighted by atomic mass is 10.1. The monoisotopic (exact) mass is 287 g/mol. The van der Waals surface area contributed by atoms with E-state index in [9.17, 15) is 0 Å². The van der Waals surface area contributed by atoms with E-state index in [4.69, 9.17) is 5.73 Å². The first-order valence-corrected chi connectivity index (χ1v) is 6.86. The van der Waals surface area contributed by atoms with Gasteiger partial charge in [0.1, 0.15) is 0 Å². The summed E-state index contributed by atoms with van der Waals surface area (Å²) in [5, 5.41) is 4.49. The number of hydrogen-bond acceptors (Lipinski definition) is 2. The predicted molar refractivity (Wildman–Crippen MR) is 71.5 cm³/mol. The molecule has 4 heteroatoms. The minimum absolute atomic E-state index is 0.345. The minimum Gasteiger partial charge on any atom is -0.328 e. The number of nitrogens with zero attached hydrogens (tertiary/aromatic N) is 2. The second kappa shape index (κ2) is 6.40. The van der Waals surface area contributed by atoms with Gasteiger partial charge >= 0.3 is 0 Å². The molecule has 0 saturated heterocycles. The van der Waals surface area contributed by atoms with Gasteiger partial charge in [0, 0.05) is 12.6 Å². The molecule has 0 aromatic carbocycles. The van der Waals surface area contributed by atoms with E-state index >= 15 is 0 Å². The van der Waals surface area contributed by atoms with Crippen molar-refractivity contribution in [1.82, 2.24) is 9.78 Å². The molecule has 0 aliphatic carbocycles. The SMILES string of the molecule is CCC(N)CCCc1c(Br)c(C)nn1CC. The molecule has 0 spiro atoms. The van der Waals surface area contributed by atoms with Crippen LogP contribution in [-0.2, 0) is 13.0 Å². The second-order valence-electron chi connectivity index (χ2n) is 4.22. The van der Waals surface area contributed by atoms with Crippen molar-refractivity contribution in [3.05, 3.63) is 15.9 Å². The predicted octanol–water partition coefficient (Wildman–Crippen LogP) is 3.03. The summed E-state index contributed by atoms with van der Waals surface area (Å²) in [4.78, 5) is 0. The number of aryl methyl sites for hydroxylation is 2. The van der Waals surface area contributed by atoms with Gasteiger partial charge in [-0.2, -0.15) is 5.10 Å². The van der Waals surface area contributed by atoms with Gasteiger partial charge in [0.25, 0.3) is 0 Å². The topological polar surface area (TPSA) is 43.8 Å². The summed E-state index contributed by atoms with van der Waals surface area (Å²) in [6.07, 6.45) is 4.35. The lowest BCUT2D eigenvalue weighted by molar-refractivity contribution is 0.545. The second-order valence-corrected chi connectivity index (χ2v) is 5.02. The van der Waals surface area contributed by atoms with E-state index < -0.39 is 0 Å². The first-order chi connectivity index (χ1) is 7.60. The third-order valence-corrected chi connectivity index (χ3v) is 4.00. The van der Waals surface area contributed by atoms with E-state index in [2.05, 4.69) is 39.6 Å². The molecule has 0 radical (unpaired) electrons. The summed E-state index contributed by atoms with van der Waals surface area (Å²) in [6.45, 7) is 7.24. The normalized spacial score (nSPS) is 13.1. The smallest absolute Gasteiger partial charge is 0.0738 e. The van der Waals surface area contributed by atoms with E-state index in [0.717, 1.165) is 37.9 Å². The Balaban J connectivity index is 2.59. The zero-order valence-corrected chi connectivity index (χ0v) is 12.0. The van der Waals surface area contributed by atoms with Gasteiger partial charge in [-0.15, -0.1) is 0 Å². The Morgan fingerprint density at radius 1 is 1.44 bits per heavy atom. The molecule has 0 aliphatic heterocycles. The molecular weight excluding hydrogens is 266 g/mol. The molecule has 92 valence electrons. The minimum atomic E-state index is 0.345. The van der Waals surface area contributed by atoms with Crippen LogP contribution >= 0.6 is 15.9 Å². The molecule has 1 heterocycles. The molecule has 1 atom stereocenters. The maximum absolute atomic E-state index is 5.92. The van der Waals surface area contributed by atoms with E-state index in [0.29, 0.717) is 6.04 Å². The van der Waals surface area contributed by atoms with E-state index in [1.807, 2.05) is 6.92 Å². The zero-order chi connectivity index (χ0) is 12.1. The summed E-state index contributed by atoms with van der Waals surface area (Å²) in [5.41, 5.74) is 8.31. The Labute approximate surface area is 107 Å². The van der Waals surface area contributed by atoms with Gasteiger partial charge in [0.2, 0.25) is 0 Å². The summed E-state index contributed by atoms with van der Waals surface area (Å²) < 4.78 is 3.25. The fourth-order valence-corrected chi connectivity index (χ4v) is 2.33. The van der Waals surface area contributed by atoms with Crippen molar-refractivity contribution in [2.45, 2.75) is 59.0 Å². The number of aromatic nitrogens is 2. The Hall–Kier alpha value is -0.350. The molecule has 0 bridgehead atoms. The quantitative estimate of drug-likeness (QED) is 0.874. The lowest BCUT2D eigenvalue weighted by Crippen LogP contribution is -2.18. The highest BCUT2D eigenvalue weighted by Gasteiger charge is 2.11. The molecule has 3 nitrogen and oxygen atoms in total. The van der Waals surface area contributed by atoms with Gasteiger partial charge in [0.15, 0.2) is 0 Å². The zero-order valence-electron chi connectivity index (χ0n) is 10.5. The van der Waals surface area contributed by atoms with Gasteiger partial charge in [-0.3, -0.25) is 4.68 Å². The van der Waals surface area contributed by atoms with Gasteiger partial charge in [0.05, 0.1) is 15.9 Å². The van der Waals surface area contributed by atoms with Gasteiger partial charge in [-0.1, -0.05) is 6.92 Å². The Morgan fingerprint density at radius 3 is 2.69 bits per heavy atom. The standard InChI is InChI=1S/C12H22BrN3/c1-4-10(14)7-6-8-11-12(13)9(3)15-16(11)5-2/h10H,4-8,14H2,1-3H3. The fourth-order valence-electron chi connectivity index (χ4n) is 1.84. The lowest BCUT2D eigenvalue weighted by Gasteiger charge is -2.09. The summed E-state index contributed by atoms with van der Waals surface area (Å²) in [5.74, 6) is 0. The number of nitrogens with two attached hydrogens (primary N) is 1. The van der Waals surface area contributed by atoms with Crippen LogP contribution in [0.25, 0.3) is 0 Å². The Bertz CT molecular complexity index is 333. The first kappa shape index (κ1) is 13.7. The molecule has 16 heavy (non-hydrogen) atoms.